The van der Waals surface area contributed by atoms with Gasteiger partial charge in [-0.2, -0.15) is 0 Å². The van der Waals surface area contributed by atoms with Crippen LogP contribution in [0.25, 0.3) is 0 Å². The number of alkyl halides is 1. The van der Waals surface area contributed by atoms with Gasteiger partial charge in [0.1, 0.15) is 5.82 Å². The van der Waals surface area contributed by atoms with E-state index in [1.807, 2.05) is 0 Å². The smallest absolute Gasteiger partial charge is 0.253 e. The number of rotatable bonds is 2. The number of hydrogen-bond donors (Lipinski definition) is 0. The van der Waals surface area contributed by atoms with E-state index in [0.717, 1.165) is 31.3 Å². The van der Waals surface area contributed by atoms with E-state index in [-0.39, 0.29) is 11.7 Å². The van der Waals surface area contributed by atoms with Crippen LogP contribution >= 0.6 is 31.9 Å². The molecule has 0 aliphatic carbocycles. The minimum Gasteiger partial charge on any atom is -0.339 e. The van der Waals surface area contributed by atoms with Gasteiger partial charge in [-0.05, 0) is 37.0 Å². The van der Waals surface area contributed by atoms with E-state index in [4.69, 9.17) is 0 Å². The highest BCUT2D eigenvalue weighted by atomic mass is 79.9. The molecule has 1 aliphatic rings. The molecule has 1 amide bonds. The quantitative estimate of drug-likeness (QED) is 0.716. The summed E-state index contributed by atoms with van der Waals surface area (Å²) in [4.78, 5) is 14.0. The van der Waals surface area contributed by atoms with Crippen LogP contribution in [0.4, 0.5) is 4.39 Å². The van der Waals surface area contributed by atoms with Gasteiger partial charge in [-0.3, -0.25) is 4.79 Å². The summed E-state index contributed by atoms with van der Waals surface area (Å²) in [6.45, 7) is 1.51. The number of carbonyl (C=O) groups is 1. The summed E-state index contributed by atoms with van der Waals surface area (Å²) >= 11 is 6.68. The average Bonchev–Trinajstić information content (AvgIpc) is 2.37. The summed E-state index contributed by atoms with van der Waals surface area (Å²) in [6, 6.07) is 4.32. The zero-order valence-corrected chi connectivity index (χ0v) is 13.0. The molecule has 2 nitrogen and oxygen atoms in total. The molecule has 2 rings (SSSR count). The van der Waals surface area contributed by atoms with Gasteiger partial charge in [-0.1, -0.05) is 31.9 Å². The molecule has 0 spiro atoms. The number of likely N-dealkylation sites (tertiary alicyclic amines) is 1. The standard InChI is InChI=1S/C13H14Br2FNO/c14-8-9-1-3-17(4-2-9)13(18)10-5-11(15)7-12(16)6-10/h5-7,9H,1-4,8H2. The summed E-state index contributed by atoms with van der Waals surface area (Å²) in [5, 5.41) is 0.987. The van der Waals surface area contributed by atoms with E-state index < -0.39 is 0 Å². The summed E-state index contributed by atoms with van der Waals surface area (Å²) in [5.74, 6) is 0.180. The Kier molecular flexibility index (Phi) is 4.78. The Morgan fingerprint density at radius 2 is 2.00 bits per heavy atom. The van der Waals surface area contributed by atoms with E-state index in [1.54, 1.807) is 11.0 Å². The molecule has 1 aliphatic heterocycles. The molecule has 0 radical (unpaired) electrons. The Morgan fingerprint density at radius 1 is 1.33 bits per heavy atom. The highest BCUT2D eigenvalue weighted by Gasteiger charge is 2.23. The zero-order chi connectivity index (χ0) is 13.1. The molecule has 0 atom stereocenters. The molecule has 98 valence electrons. The summed E-state index contributed by atoms with van der Waals surface area (Å²) < 4.78 is 13.9. The Bertz CT molecular complexity index is 424. The van der Waals surface area contributed by atoms with E-state index >= 15 is 0 Å². The Balaban J connectivity index is 2.07. The van der Waals surface area contributed by atoms with Crippen LogP contribution in [-0.2, 0) is 0 Å². The molecule has 1 saturated heterocycles. The number of nitrogens with zero attached hydrogens (tertiary/aromatic N) is 1. The second kappa shape index (κ2) is 6.15. The van der Waals surface area contributed by atoms with Crippen LogP contribution in [0.15, 0.2) is 22.7 Å². The van der Waals surface area contributed by atoms with Crippen LogP contribution in [0.1, 0.15) is 23.2 Å². The number of amides is 1. The minimum absolute atomic E-state index is 0.0803. The van der Waals surface area contributed by atoms with Crippen molar-refractivity contribution in [3.8, 4) is 0 Å². The van der Waals surface area contributed by atoms with Crippen molar-refractivity contribution in [3.63, 3.8) is 0 Å². The highest BCUT2D eigenvalue weighted by Crippen LogP contribution is 2.22. The third-order valence-electron chi connectivity index (χ3n) is 3.23. The minimum atomic E-state index is -0.386. The lowest BCUT2D eigenvalue weighted by atomic mass is 9.98. The number of halogens is 3. The van der Waals surface area contributed by atoms with Gasteiger partial charge >= 0.3 is 0 Å². The molecule has 0 aromatic heterocycles. The Hall–Kier alpha value is -0.420. The van der Waals surface area contributed by atoms with Gasteiger partial charge in [0.2, 0.25) is 0 Å². The van der Waals surface area contributed by atoms with Crippen LogP contribution in [0.5, 0.6) is 0 Å². The number of carbonyl (C=O) groups excluding carboxylic acids is 1. The molecule has 18 heavy (non-hydrogen) atoms. The maximum atomic E-state index is 13.3. The van der Waals surface area contributed by atoms with Gasteiger partial charge in [0.05, 0.1) is 0 Å². The van der Waals surface area contributed by atoms with Gasteiger partial charge in [0, 0.05) is 28.5 Å². The summed E-state index contributed by atoms with van der Waals surface area (Å²) in [6.07, 6.45) is 2.01. The van der Waals surface area contributed by atoms with Crippen molar-refractivity contribution < 1.29 is 9.18 Å². The maximum absolute atomic E-state index is 13.3. The fourth-order valence-electron chi connectivity index (χ4n) is 2.15. The van der Waals surface area contributed by atoms with Crippen LogP contribution < -0.4 is 0 Å². The first-order valence-electron chi connectivity index (χ1n) is 5.91. The van der Waals surface area contributed by atoms with Crippen LogP contribution in [-0.4, -0.2) is 29.2 Å². The van der Waals surface area contributed by atoms with Crippen LogP contribution in [0.3, 0.4) is 0 Å². The number of hydrogen-bond acceptors (Lipinski definition) is 1. The predicted molar refractivity (Wildman–Crippen MR) is 76.5 cm³/mol. The predicted octanol–water partition coefficient (Wildman–Crippen LogP) is 3.84. The molecule has 1 aromatic carbocycles. The number of benzene rings is 1. The van der Waals surface area contributed by atoms with Crippen molar-refractivity contribution in [2.45, 2.75) is 12.8 Å². The van der Waals surface area contributed by atoms with Crippen molar-refractivity contribution in [2.24, 2.45) is 5.92 Å². The van der Waals surface area contributed by atoms with E-state index in [0.29, 0.717) is 16.0 Å². The molecular weight excluding hydrogens is 365 g/mol. The van der Waals surface area contributed by atoms with Crippen LogP contribution in [0.2, 0.25) is 0 Å². The van der Waals surface area contributed by atoms with E-state index in [9.17, 15) is 9.18 Å². The van der Waals surface area contributed by atoms with Crippen molar-refractivity contribution >= 4 is 37.8 Å². The Labute approximate surface area is 123 Å². The van der Waals surface area contributed by atoms with Gasteiger partial charge < -0.3 is 4.90 Å². The third kappa shape index (κ3) is 3.32. The zero-order valence-electron chi connectivity index (χ0n) is 9.83. The first kappa shape index (κ1) is 14.0. The van der Waals surface area contributed by atoms with E-state index in [1.165, 1.54) is 12.1 Å². The topological polar surface area (TPSA) is 20.3 Å². The third-order valence-corrected chi connectivity index (χ3v) is 4.60. The SMILES string of the molecule is O=C(c1cc(F)cc(Br)c1)N1CCC(CBr)CC1. The highest BCUT2D eigenvalue weighted by molar-refractivity contribution is 9.10. The molecule has 1 heterocycles. The molecule has 0 N–H and O–H groups in total. The normalized spacial score (nSPS) is 16.9. The van der Waals surface area contributed by atoms with Gasteiger partial charge in [0.25, 0.3) is 5.91 Å². The van der Waals surface area contributed by atoms with Crippen LogP contribution in [0, 0.1) is 11.7 Å². The molecule has 0 bridgehead atoms. The second-order valence-electron chi connectivity index (χ2n) is 4.55. The van der Waals surface area contributed by atoms with Gasteiger partial charge in [-0.15, -0.1) is 0 Å². The van der Waals surface area contributed by atoms with Crippen molar-refractivity contribution in [2.75, 3.05) is 18.4 Å². The lowest BCUT2D eigenvalue weighted by Crippen LogP contribution is -2.38. The molecular formula is C13H14Br2FNO. The summed E-state index contributed by atoms with van der Waals surface area (Å²) in [7, 11) is 0. The largest absolute Gasteiger partial charge is 0.339 e. The molecule has 0 unspecified atom stereocenters. The summed E-state index contributed by atoms with van der Waals surface area (Å²) in [5.41, 5.74) is 0.416. The van der Waals surface area contributed by atoms with Gasteiger partial charge in [-0.25, -0.2) is 4.39 Å². The van der Waals surface area contributed by atoms with Gasteiger partial charge in [0.15, 0.2) is 0 Å². The number of piperidine rings is 1. The fourth-order valence-corrected chi connectivity index (χ4v) is 3.26. The van der Waals surface area contributed by atoms with E-state index in [2.05, 4.69) is 31.9 Å². The van der Waals surface area contributed by atoms with Crippen molar-refractivity contribution in [3.05, 3.63) is 34.1 Å². The second-order valence-corrected chi connectivity index (χ2v) is 6.11. The fraction of sp³-hybridized carbons (Fsp3) is 0.462. The first-order chi connectivity index (χ1) is 8.60. The molecule has 0 saturated carbocycles. The average molecular weight is 379 g/mol. The van der Waals surface area contributed by atoms with Crippen molar-refractivity contribution in [1.29, 1.82) is 0 Å². The first-order valence-corrected chi connectivity index (χ1v) is 7.83. The molecule has 1 fully saturated rings. The Morgan fingerprint density at radius 3 is 2.56 bits per heavy atom. The molecule has 5 heteroatoms. The lowest BCUT2D eigenvalue weighted by Gasteiger charge is -2.31. The lowest BCUT2D eigenvalue weighted by molar-refractivity contribution is 0.0698. The van der Waals surface area contributed by atoms with Crippen molar-refractivity contribution in [1.82, 2.24) is 4.90 Å². The molecule has 1 aromatic rings. The maximum Gasteiger partial charge on any atom is 0.253 e. The monoisotopic (exact) mass is 377 g/mol.